The van der Waals surface area contributed by atoms with E-state index in [2.05, 4.69) is 28.4 Å². The second-order valence-corrected chi connectivity index (χ2v) is 7.15. The van der Waals surface area contributed by atoms with E-state index >= 15 is 0 Å². The summed E-state index contributed by atoms with van der Waals surface area (Å²) in [4.78, 5) is 14.2. The number of hydrogen-bond acceptors (Lipinski definition) is 4. The predicted molar refractivity (Wildman–Crippen MR) is 107 cm³/mol. The molecule has 5 nitrogen and oxygen atoms in total. The Hall–Kier alpha value is -2.37. The Morgan fingerprint density at radius 2 is 2.00 bits per heavy atom. The van der Waals surface area contributed by atoms with Gasteiger partial charge in [-0.25, -0.2) is 0 Å². The van der Waals surface area contributed by atoms with Crippen molar-refractivity contribution < 1.29 is 14.3 Å². The molecule has 1 fully saturated rings. The first-order valence-corrected chi connectivity index (χ1v) is 9.46. The maximum Gasteiger partial charge on any atom is 0.258 e. The lowest BCUT2D eigenvalue weighted by Crippen LogP contribution is -2.35. The van der Waals surface area contributed by atoms with E-state index in [0.717, 1.165) is 42.9 Å². The van der Waals surface area contributed by atoms with Crippen molar-refractivity contribution >= 4 is 5.91 Å². The highest BCUT2D eigenvalue weighted by atomic mass is 16.5. The van der Waals surface area contributed by atoms with E-state index < -0.39 is 0 Å². The van der Waals surface area contributed by atoms with E-state index in [1.807, 2.05) is 44.4 Å². The molecule has 1 amide bonds. The average Bonchev–Trinajstić information content (AvgIpc) is 3.19. The molecule has 0 saturated carbocycles. The maximum absolute atomic E-state index is 12.1. The molecule has 1 atom stereocenters. The molecule has 1 heterocycles. The maximum atomic E-state index is 12.1. The number of carbonyl (C=O) groups is 1. The highest BCUT2D eigenvalue weighted by Crippen LogP contribution is 2.27. The molecule has 0 aromatic heterocycles. The summed E-state index contributed by atoms with van der Waals surface area (Å²) in [6, 6.07) is 16.4. The van der Waals surface area contributed by atoms with E-state index in [0.29, 0.717) is 6.54 Å². The van der Waals surface area contributed by atoms with Gasteiger partial charge in [0, 0.05) is 25.3 Å². The van der Waals surface area contributed by atoms with Gasteiger partial charge in [-0.05, 0) is 50.2 Å². The van der Waals surface area contributed by atoms with Gasteiger partial charge in [-0.15, -0.1) is 0 Å². The van der Waals surface area contributed by atoms with Gasteiger partial charge in [0.1, 0.15) is 5.75 Å². The van der Waals surface area contributed by atoms with Crippen LogP contribution >= 0.6 is 0 Å². The van der Waals surface area contributed by atoms with Crippen molar-refractivity contribution in [2.24, 2.45) is 0 Å². The van der Waals surface area contributed by atoms with Gasteiger partial charge in [0.15, 0.2) is 6.61 Å². The van der Waals surface area contributed by atoms with Crippen LogP contribution in [-0.2, 0) is 16.1 Å². The van der Waals surface area contributed by atoms with Crippen molar-refractivity contribution in [3.63, 3.8) is 0 Å². The lowest BCUT2D eigenvalue weighted by atomic mass is 10.0. The second kappa shape index (κ2) is 9.53. The molecule has 1 saturated heterocycles. The fourth-order valence-electron chi connectivity index (χ4n) is 3.22. The van der Waals surface area contributed by atoms with Gasteiger partial charge in [-0.2, -0.15) is 0 Å². The van der Waals surface area contributed by atoms with Gasteiger partial charge in [-0.1, -0.05) is 36.4 Å². The Bertz CT molecular complexity index is 740. The first-order valence-electron chi connectivity index (χ1n) is 9.46. The van der Waals surface area contributed by atoms with Gasteiger partial charge in [0.25, 0.3) is 5.91 Å². The number of hydrogen-bond donors (Lipinski definition) is 1. The standard InChI is InChI=1S/C22H28N2O3/c1-24(2)15-19-13-18(17-7-4-3-5-8-17)10-11-21(19)27-16-22(25)23-14-20-9-6-12-26-20/h3-5,7-8,10-11,13,20H,6,9,12,14-16H2,1-2H3,(H,23,25)/t20-/m0/s1. The number of benzene rings is 2. The lowest BCUT2D eigenvalue weighted by molar-refractivity contribution is -0.123. The molecule has 1 N–H and O–H groups in total. The summed E-state index contributed by atoms with van der Waals surface area (Å²) in [5.74, 6) is 0.629. The van der Waals surface area contributed by atoms with Crippen LogP contribution in [0.5, 0.6) is 5.75 Å². The third-order valence-corrected chi connectivity index (χ3v) is 4.56. The van der Waals surface area contributed by atoms with Gasteiger partial charge in [0.05, 0.1) is 6.10 Å². The molecule has 2 aromatic carbocycles. The van der Waals surface area contributed by atoms with Gasteiger partial charge in [-0.3, -0.25) is 4.79 Å². The Morgan fingerprint density at radius 1 is 1.19 bits per heavy atom. The van der Waals surface area contributed by atoms with Crippen LogP contribution in [0.1, 0.15) is 18.4 Å². The van der Waals surface area contributed by atoms with E-state index in [-0.39, 0.29) is 18.6 Å². The minimum atomic E-state index is -0.117. The van der Waals surface area contributed by atoms with Crippen LogP contribution < -0.4 is 10.1 Å². The van der Waals surface area contributed by atoms with Crippen molar-refractivity contribution in [2.45, 2.75) is 25.5 Å². The predicted octanol–water partition coefficient (Wildman–Crippen LogP) is 3.09. The smallest absolute Gasteiger partial charge is 0.258 e. The van der Waals surface area contributed by atoms with Crippen LogP contribution in [0.15, 0.2) is 48.5 Å². The highest BCUT2D eigenvalue weighted by Gasteiger charge is 2.16. The van der Waals surface area contributed by atoms with E-state index in [9.17, 15) is 4.79 Å². The van der Waals surface area contributed by atoms with Crippen LogP contribution in [0.4, 0.5) is 0 Å². The normalized spacial score (nSPS) is 16.5. The summed E-state index contributed by atoms with van der Waals surface area (Å²) in [5.41, 5.74) is 3.37. The van der Waals surface area contributed by atoms with Gasteiger partial charge in [0.2, 0.25) is 0 Å². The van der Waals surface area contributed by atoms with Crippen LogP contribution in [-0.4, -0.2) is 50.8 Å². The molecule has 0 radical (unpaired) electrons. The highest BCUT2D eigenvalue weighted by molar-refractivity contribution is 5.77. The summed E-state index contributed by atoms with van der Waals surface area (Å²) in [5, 5.41) is 2.89. The minimum absolute atomic E-state index is 0.0117. The molecular formula is C22H28N2O3. The van der Waals surface area contributed by atoms with Crippen molar-refractivity contribution in [1.29, 1.82) is 0 Å². The topological polar surface area (TPSA) is 50.8 Å². The van der Waals surface area contributed by atoms with E-state index in [4.69, 9.17) is 9.47 Å². The number of amides is 1. The first-order chi connectivity index (χ1) is 13.1. The van der Waals surface area contributed by atoms with Crippen molar-refractivity contribution in [3.8, 4) is 16.9 Å². The Balaban J connectivity index is 1.63. The van der Waals surface area contributed by atoms with Crippen LogP contribution in [0.3, 0.4) is 0 Å². The molecule has 3 rings (SSSR count). The van der Waals surface area contributed by atoms with Crippen molar-refractivity contribution in [2.75, 3.05) is 33.9 Å². The summed E-state index contributed by atoms with van der Waals surface area (Å²) >= 11 is 0. The molecule has 1 aliphatic rings. The molecule has 5 heteroatoms. The molecule has 1 aliphatic heterocycles. The number of nitrogens with one attached hydrogen (secondary N) is 1. The molecule has 2 aromatic rings. The lowest BCUT2D eigenvalue weighted by Gasteiger charge is -2.17. The third-order valence-electron chi connectivity index (χ3n) is 4.56. The molecule has 144 valence electrons. The summed E-state index contributed by atoms with van der Waals surface area (Å²) < 4.78 is 11.3. The second-order valence-electron chi connectivity index (χ2n) is 7.15. The Kier molecular flexibility index (Phi) is 6.85. The molecule has 0 unspecified atom stereocenters. The molecule has 27 heavy (non-hydrogen) atoms. The molecular weight excluding hydrogens is 340 g/mol. The fourth-order valence-corrected chi connectivity index (χ4v) is 3.22. The monoisotopic (exact) mass is 368 g/mol. The van der Waals surface area contributed by atoms with E-state index in [1.165, 1.54) is 5.56 Å². The third kappa shape index (κ3) is 5.81. The average molecular weight is 368 g/mol. The Morgan fingerprint density at radius 3 is 2.70 bits per heavy atom. The summed E-state index contributed by atoms with van der Waals surface area (Å²) in [6.45, 7) is 2.10. The molecule has 0 bridgehead atoms. The zero-order valence-corrected chi connectivity index (χ0v) is 16.1. The zero-order chi connectivity index (χ0) is 19.1. The van der Waals surface area contributed by atoms with Crippen molar-refractivity contribution in [1.82, 2.24) is 10.2 Å². The molecule has 0 aliphatic carbocycles. The summed E-state index contributed by atoms with van der Waals surface area (Å²) in [6.07, 6.45) is 2.22. The van der Waals surface area contributed by atoms with Crippen LogP contribution in [0.2, 0.25) is 0 Å². The van der Waals surface area contributed by atoms with Crippen LogP contribution in [0, 0.1) is 0 Å². The van der Waals surface area contributed by atoms with Gasteiger partial charge >= 0.3 is 0 Å². The number of nitrogens with zero attached hydrogens (tertiary/aromatic N) is 1. The van der Waals surface area contributed by atoms with E-state index in [1.54, 1.807) is 0 Å². The molecule has 0 spiro atoms. The van der Waals surface area contributed by atoms with Crippen molar-refractivity contribution in [3.05, 3.63) is 54.1 Å². The van der Waals surface area contributed by atoms with Crippen LogP contribution in [0.25, 0.3) is 11.1 Å². The number of rotatable bonds is 8. The quantitative estimate of drug-likeness (QED) is 0.778. The Labute approximate surface area is 161 Å². The largest absolute Gasteiger partial charge is 0.483 e. The number of ether oxygens (including phenoxy) is 2. The SMILES string of the molecule is CN(C)Cc1cc(-c2ccccc2)ccc1OCC(=O)NC[C@@H]1CCCO1. The fraction of sp³-hybridized carbons (Fsp3) is 0.409. The number of carbonyl (C=O) groups excluding carboxylic acids is 1. The van der Waals surface area contributed by atoms with Gasteiger partial charge < -0.3 is 19.7 Å². The first kappa shape index (κ1) is 19.4. The minimum Gasteiger partial charge on any atom is -0.483 e. The summed E-state index contributed by atoms with van der Waals surface area (Å²) in [7, 11) is 4.04. The zero-order valence-electron chi connectivity index (χ0n) is 16.1.